The van der Waals surface area contributed by atoms with Crippen molar-refractivity contribution < 1.29 is 14.5 Å². The maximum atomic E-state index is 11.7. The minimum absolute atomic E-state index is 0.129. The highest BCUT2D eigenvalue weighted by Gasteiger charge is 2.16. The van der Waals surface area contributed by atoms with E-state index in [1.165, 1.54) is 18.2 Å². The molecule has 2 rings (SSSR count). The van der Waals surface area contributed by atoms with E-state index in [4.69, 9.17) is 0 Å². The number of rotatable bonds is 3. The van der Waals surface area contributed by atoms with Gasteiger partial charge in [-0.3, -0.25) is 30.6 Å². The quantitative estimate of drug-likeness (QED) is 0.572. The molecule has 0 aliphatic rings. The van der Waals surface area contributed by atoms with E-state index in [9.17, 15) is 19.7 Å². The van der Waals surface area contributed by atoms with E-state index in [0.29, 0.717) is 4.47 Å². The fraction of sp³-hybridized carbons (Fsp3) is 0. The summed E-state index contributed by atoms with van der Waals surface area (Å²) in [5.41, 5.74) is 4.63. The number of hydrazine groups is 1. The molecule has 0 radical (unpaired) electrons. The van der Waals surface area contributed by atoms with Gasteiger partial charge in [0, 0.05) is 16.7 Å². The molecule has 2 heterocycles. The van der Waals surface area contributed by atoms with Crippen LogP contribution in [-0.2, 0) is 0 Å². The van der Waals surface area contributed by atoms with Crippen molar-refractivity contribution in [3.05, 3.63) is 49.6 Å². The lowest BCUT2D eigenvalue weighted by atomic mass is 10.4. The zero-order valence-electron chi connectivity index (χ0n) is 9.68. The lowest BCUT2D eigenvalue weighted by Crippen LogP contribution is -2.41. The van der Waals surface area contributed by atoms with Crippen LogP contribution in [0, 0.1) is 10.1 Å². The number of halogens is 1. The Hall–Kier alpha value is -2.20. The first-order valence-corrected chi connectivity index (χ1v) is 6.77. The van der Waals surface area contributed by atoms with E-state index in [1.807, 2.05) is 0 Å². The molecule has 2 aromatic rings. The van der Waals surface area contributed by atoms with Gasteiger partial charge in [-0.2, -0.15) is 0 Å². The maximum absolute atomic E-state index is 11.7. The Kier molecular flexibility index (Phi) is 4.15. The van der Waals surface area contributed by atoms with Gasteiger partial charge >= 0.3 is 5.00 Å². The van der Waals surface area contributed by atoms with Gasteiger partial charge in [0.1, 0.15) is 10.6 Å². The van der Waals surface area contributed by atoms with Crippen LogP contribution in [0.4, 0.5) is 5.00 Å². The van der Waals surface area contributed by atoms with Crippen molar-refractivity contribution in [3.63, 3.8) is 0 Å². The van der Waals surface area contributed by atoms with Gasteiger partial charge in [0.05, 0.1) is 4.92 Å². The fourth-order valence-electron chi connectivity index (χ4n) is 1.29. The predicted molar refractivity (Wildman–Crippen MR) is 74.4 cm³/mol. The molecular formula is C10H7BrN4O4S. The molecule has 20 heavy (non-hydrogen) atoms. The molecular weight excluding hydrogens is 352 g/mol. The average molecular weight is 359 g/mol. The number of aromatic nitrogens is 1. The Morgan fingerprint density at radius 3 is 2.55 bits per heavy atom. The number of nitrogens with one attached hydrogen (secondary N) is 3. The third-order valence-electron chi connectivity index (χ3n) is 2.18. The second-order valence-electron chi connectivity index (χ2n) is 3.53. The molecule has 8 nitrogen and oxygen atoms in total. The van der Waals surface area contributed by atoms with Crippen molar-refractivity contribution in [1.82, 2.24) is 15.8 Å². The topological polar surface area (TPSA) is 117 Å². The van der Waals surface area contributed by atoms with Gasteiger partial charge in [-0.1, -0.05) is 11.3 Å². The Morgan fingerprint density at radius 1 is 1.30 bits per heavy atom. The number of H-pyrrole nitrogens is 1. The van der Waals surface area contributed by atoms with Crippen LogP contribution in [0.3, 0.4) is 0 Å². The lowest BCUT2D eigenvalue weighted by Gasteiger charge is -2.04. The van der Waals surface area contributed by atoms with Crippen LogP contribution >= 0.6 is 27.3 Å². The van der Waals surface area contributed by atoms with Crippen LogP contribution in [0.1, 0.15) is 20.2 Å². The van der Waals surface area contributed by atoms with Crippen LogP contribution in [0.15, 0.2) is 28.9 Å². The van der Waals surface area contributed by atoms with Gasteiger partial charge < -0.3 is 4.98 Å². The van der Waals surface area contributed by atoms with E-state index in [2.05, 4.69) is 31.8 Å². The van der Waals surface area contributed by atoms with Gasteiger partial charge in [0.2, 0.25) is 0 Å². The molecule has 0 aliphatic carbocycles. The molecule has 0 aromatic carbocycles. The minimum atomic E-state index is -0.623. The van der Waals surface area contributed by atoms with Crippen molar-refractivity contribution in [2.45, 2.75) is 0 Å². The van der Waals surface area contributed by atoms with E-state index in [-0.39, 0.29) is 15.6 Å². The summed E-state index contributed by atoms with van der Waals surface area (Å²) in [4.78, 5) is 36.0. The zero-order chi connectivity index (χ0) is 14.7. The first-order valence-electron chi connectivity index (χ1n) is 5.16. The van der Waals surface area contributed by atoms with Crippen molar-refractivity contribution in [1.29, 1.82) is 0 Å². The number of nitrogens with zero attached hydrogens (tertiary/aromatic N) is 1. The molecule has 2 aromatic heterocycles. The summed E-state index contributed by atoms with van der Waals surface area (Å²) in [5.74, 6) is -1.16. The Bertz CT molecular complexity index is 680. The number of hydrogen-bond acceptors (Lipinski definition) is 5. The molecule has 0 spiro atoms. The third kappa shape index (κ3) is 3.22. The Morgan fingerprint density at radius 2 is 2.00 bits per heavy atom. The smallest absolute Gasteiger partial charge is 0.324 e. The number of nitro groups is 1. The zero-order valence-corrected chi connectivity index (χ0v) is 12.1. The SMILES string of the molecule is O=C(NNC(=O)c1ccc([N+](=O)[O-])s1)c1cc(Br)c[nH]1. The maximum Gasteiger partial charge on any atom is 0.324 e. The molecule has 0 unspecified atom stereocenters. The second-order valence-corrected chi connectivity index (χ2v) is 5.51. The summed E-state index contributed by atoms with van der Waals surface area (Å²) in [7, 11) is 0. The summed E-state index contributed by atoms with van der Waals surface area (Å²) >= 11 is 3.90. The molecule has 0 bridgehead atoms. The summed E-state index contributed by atoms with van der Waals surface area (Å²) in [5, 5.41) is 10.4. The summed E-state index contributed by atoms with van der Waals surface area (Å²) in [6.45, 7) is 0. The summed E-state index contributed by atoms with van der Waals surface area (Å²) < 4.78 is 0.697. The molecule has 3 N–H and O–H groups in total. The highest BCUT2D eigenvalue weighted by Crippen LogP contribution is 2.23. The van der Waals surface area contributed by atoms with E-state index in [1.54, 1.807) is 6.20 Å². The van der Waals surface area contributed by atoms with Crippen LogP contribution in [0.5, 0.6) is 0 Å². The fourth-order valence-corrected chi connectivity index (χ4v) is 2.35. The van der Waals surface area contributed by atoms with Crippen LogP contribution < -0.4 is 10.9 Å². The van der Waals surface area contributed by atoms with Crippen LogP contribution in [-0.4, -0.2) is 21.7 Å². The number of thiophene rings is 1. The Balaban J connectivity index is 1.94. The molecule has 10 heteroatoms. The van der Waals surface area contributed by atoms with E-state index < -0.39 is 16.7 Å². The van der Waals surface area contributed by atoms with Gasteiger partial charge in [0.25, 0.3) is 11.8 Å². The Labute approximate surface area is 124 Å². The molecule has 0 saturated heterocycles. The van der Waals surface area contributed by atoms with Crippen LogP contribution in [0.25, 0.3) is 0 Å². The van der Waals surface area contributed by atoms with Crippen molar-refractivity contribution in [2.24, 2.45) is 0 Å². The first-order chi connectivity index (χ1) is 9.47. The largest absolute Gasteiger partial charge is 0.356 e. The van der Waals surface area contributed by atoms with Gasteiger partial charge in [-0.25, -0.2) is 0 Å². The van der Waals surface area contributed by atoms with Gasteiger partial charge in [-0.05, 0) is 28.1 Å². The molecule has 0 aliphatic heterocycles. The first kappa shape index (κ1) is 14.2. The monoisotopic (exact) mass is 358 g/mol. The average Bonchev–Trinajstić information content (AvgIpc) is 3.04. The van der Waals surface area contributed by atoms with Crippen molar-refractivity contribution >= 4 is 44.1 Å². The lowest BCUT2D eigenvalue weighted by molar-refractivity contribution is -0.380. The summed E-state index contributed by atoms with van der Waals surface area (Å²) in [6.07, 6.45) is 1.57. The standard InChI is InChI=1S/C10H7BrN4O4S/c11-5-3-6(12-4-5)9(16)13-14-10(17)7-1-2-8(20-7)15(18)19/h1-4,12H,(H,13,16)(H,14,17). The number of carbonyl (C=O) groups is 2. The number of hydrogen-bond donors (Lipinski definition) is 3. The molecule has 104 valence electrons. The second kappa shape index (κ2) is 5.84. The van der Waals surface area contributed by atoms with Crippen molar-refractivity contribution in [2.75, 3.05) is 0 Å². The predicted octanol–water partition coefficient (Wildman–Crippen LogP) is 1.82. The number of amides is 2. The molecule has 0 fully saturated rings. The summed E-state index contributed by atoms with van der Waals surface area (Å²) in [6, 6.07) is 4.08. The third-order valence-corrected chi connectivity index (χ3v) is 3.67. The van der Waals surface area contributed by atoms with Gasteiger partial charge in [0.15, 0.2) is 0 Å². The molecule has 0 atom stereocenters. The van der Waals surface area contributed by atoms with E-state index >= 15 is 0 Å². The molecule has 2 amide bonds. The minimum Gasteiger partial charge on any atom is -0.356 e. The van der Waals surface area contributed by atoms with Crippen molar-refractivity contribution in [3.8, 4) is 0 Å². The number of carbonyl (C=O) groups excluding carboxylic acids is 2. The van der Waals surface area contributed by atoms with E-state index in [0.717, 1.165) is 11.3 Å². The van der Waals surface area contributed by atoms with Crippen LogP contribution in [0.2, 0.25) is 0 Å². The highest BCUT2D eigenvalue weighted by molar-refractivity contribution is 9.10. The highest BCUT2D eigenvalue weighted by atomic mass is 79.9. The number of aromatic amines is 1. The van der Waals surface area contributed by atoms with Gasteiger partial charge in [-0.15, -0.1) is 0 Å². The normalized spacial score (nSPS) is 10.1. The molecule has 0 saturated carbocycles.